The number of anilines is 1. The number of hydrogen-bond donors (Lipinski definition) is 1. The van der Waals surface area contributed by atoms with Crippen LogP contribution < -0.4 is 10.9 Å². The molecule has 0 bridgehead atoms. The smallest absolute Gasteiger partial charge is 0.349 e. The van der Waals surface area contributed by atoms with Crippen LogP contribution in [-0.4, -0.2) is 18.5 Å². The Balaban J connectivity index is 1.66. The second-order valence-electron chi connectivity index (χ2n) is 6.40. The zero-order chi connectivity index (χ0) is 20.4. The normalized spacial score (nSPS) is 10.8. The van der Waals surface area contributed by atoms with Crippen LogP contribution in [0.5, 0.6) is 0 Å². The molecular formula is C23H17NO5. The van der Waals surface area contributed by atoms with Crippen LogP contribution in [0, 0.1) is 0 Å². The fourth-order valence-electron chi connectivity index (χ4n) is 3.13. The van der Waals surface area contributed by atoms with Crippen LogP contribution in [-0.2, 0) is 4.74 Å². The molecule has 3 aromatic carbocycles. The molecule has 1 heterocycles. The SMILES string of the molecule is CCOC(=O)c1ccc(NC(=O)c2cc3c(ccc4ccccc43)oc2=O)cc1. The predicted molar refractivity (Wildman–Crippen MR) is 110 cm³/mol. The largest absolute Gasteiger partial charge is 0.462 e. The summed E-state index contributed by atoms with van der Waals surface area (Å²) in [5.41, 5.74) is 0.433. The molecule has 6 heteroatoms. The molecule has 0 aliphatic carbocycles. The zero-order valence-electron chi connectivity index (χ0n) is 15.6. The fraction of sp³-hybridized carbons (Fsp3) is 0.0870. The van der Waals surface area contributed by atoms with Gasteiger partial charge in [-0.25, -0.2) is 9.59 Å². The molecule has 1 aromatic heterocycles. The van der Waals surface area contributed by atoms with Gasteiger partial charge in [-0.1, -0.05) is 30.3 Å². The van der Waals surface area contributed by atoms with Crippen LogP contribution in [0.15, 0.2) is 75.9 Å². The molecule has 0 saturated heterocycles. The number of ether oxygens (including phenoxy) is 1. The van der Waals surface area contributed by atoms with Crippen molar-refractivity contribution in [2.24, 2.45) is 0 Å². The van der Waals surface area contributed by atoms with E-state index in [0.29, 0.717) is 22.2 Å². The lowest BCUT2D eigenvalue weighted by Crippen LogP contribution is -2.20. The molecule has 0 spiro atoms. The van der Waals surface area contributed by atoms with Crippen LogP contribution >= 0.6 is 0 Å². The Morgan fingerprint density at radius 1 is 0.966 bits per heavy atom. The minimum atomic E-state index is -0.714. The van der Waals surface area contributed by atoms with Gasteiger partial charge in [0.2, 0.25) is 0 Å². The van der Waals surface area contributed by atoms with E-state index >= 15 is 0 Å². The van der Waals surface area contributed by atoms with Crippen LogP contribution in [0.25, 0.3) is 21.7 Å². The maximum Gasteiger partial charge on any atom is 0.349 e. The molecule has 4 rings (SSSR count). The summed E-state index contributed by atoms with van der Waals surface area (Å²) < 4.78 is 10.3. The summed E-state index contributed by atoms with van der Waals surface area (Å²) in [6.45, 7) is 2.01. The van der Waals surface area contributed by atoms with Gasteiger partial charge < -0.3 is 14.5 Å². The topological polar surface area (TPSA) is 85.6 Å². The third-order valence-electron chi connectivity index (χ3n) is 4.54. The number of hydrogen-bond acceptors (Lipinski definition) is 5. The minimum Gasteiger partial charge on any atom is -0.462 e. The van der Waals surface area contributed by atoms with Gasteiger partial charge in [-0.3, -0.25) is 4.79 Å². The third-order valence-corrected chi connectivity index (χ3v) is 4.54. The van der Waals surface area contributed by atoms with Crippen molar-refractivity contribution in [3.05, 3.63) is 88.3 Å². The first-order valence-electron chi connectivity index (χ1n) is 9.11. The first-order chi connectivity index (χ1) is 14.1. The van der Waals surface area contributed by atoms with Gasteiger partial charge in [-0.2, -0.15) is 0 Å². The minimum absolute atomic E-state index is 0.0941. The molecule has 0 atom stereocenters. The van der Waals surface area contributed by atoms with E-state index in [1.165, 1.54) is 0 Å². The average Bonchev–Trinajstić information content (AvgIpc) is 2.73. The number of rotatable bonds is 4. The maximum absolute atomic E-state index is 12.7. The van der Waals surface area contributed by atoms with Gasteiger partial charge in [-0.05, 0) is 54.1 Å². The molecule has 1 N–H and O–H groups in total. The highest BCUT2D eigenvalue weighted by atomic mass is 16.5. The number of esters is 1. The maximum atomic E-state index is 12.7. The lowest BCUT2D eigenvalue weighted by molar-refractivity contribution is 0.0526. The molecule has 0 unspecified atom stereocenters. The van der Waals surface area contributed by atoms with Crippen molar-refractivity contribution in [3.63, 3.8) is 0 Å². The summed E-state index contributed by atoms with van der Waals surface area (Å²) in [6, 6.07) is 19.0. The first-order valence-corrected chi connectivity index (χ1v) is 9.11. The second-order valence-corrected chi connectivity index (χ2v) is 6.40. The van der Waals surface area contributed by atoms with Gasteiger partial charge in [-0.15, -0.1) is 0 Å². The molecule has 0 aliphatic heterocycles. The predicted octanol–water partition coefficient (Wildman–Crippen LogP) is 4.38. The molecule has 0 aliphatic rings. The average molecular weight is 387 g/mol. The van der Waals surface area contributed by atoms with E-state index in [9.17, 15) is 14.4 Å². The van der Waals surface area contributed by atoms with E-state index in [0.717, 1.165) is 10.8 Å². The second kappa shape index (κ2) is 7.59. The molecule has 6 nitrogen and oxygen atoms in total. The molecule has 29 heavy (non-hydrogen) atoms. The Morgan fingerprint density at radius 3 is 2.48 bits per heavy atom. The quantitative estimate of drug-likeness (QED) is 0.319. The number of carbonyl (C=O) groups is 2. The summed E-state index contributed by atoms with van der Waals surface area (Å²) >= 11 is 0. The molecule has 0 fully saturated rings. The molecule has 0 radical (unpaired) electrons. The monoisotopic (exact) mass is 387 g/mol. The van der Waals surface area contributed by atoms with E-state index in [1.54, 1.807) is 43.3 Å². The number of fused-ring (bicyclic) bond motifs is 3. The number of amides is 1. The Morgan fingerprint density at radius 2 is 1.72 bits per heavy atom. The lowest BCUT2D eigenvalue weighted by Gasteiger charge is -2.08. The Hall–Kier alpha value is -3.93. The third kappa shape index (κ3) is 3.60. The van der Waals surface area contributed by atoms with Crippen molar-refractivity contribution < 1.29 is 18.7 Å². The van der Waals surface area contributed by atoms with E-state index in [2.05, 4.69) is 5.32 Å². The molecule has 0 saturated carbocycles. The fourth-order valence-corrected chi connectivity index (χ4v) is 3.13. The highest BCUT2D eigenvalue weighted by Gasteiger charge is 2.16. The van der Waals surface area contributed by atoms with Crippen molar-refractivity contribution in [2.45, 2.75) is 6.92 Å². The van der Waals surface area contributed by atoms with Gasteiger partial charge in [0.05, 0.1) is 12.2 Å². The Bertz CT molecular complexity index is 1290. The Kier molecular flexibility index (Phi) is 4.83. The van der Waals surface area contributed by atoms with Gasteiger partial charge in [0.15, 0.2) is 0 Å². The standard InChI is InChI=1S/C23H17NO5/c1-2-28-22(26)15-7-10-16(11-8-15)24-21(25)19-13-18-17-6-4-3-5-14(17)9-12-20(18)29-23(19)27/h3-13H,2H2,1H3,(H,24,25). The zero-order valence-corrected chi connectivity index (χ0v) is 15.6. The van der Waals surface area contributed by atoms with Crippen LogP contribution in [0.4, 0.5) is 5.69 Å². The van der Waals surface area contributed by atoms with Gasteiger partial charge in [0, 0.05) is 11.1 Å². The van der Waals surface area contributed by atoms with Crippen LogP contribution in [0.2, 0.25) is 0 Å². The summed E-state index contributed by atoms with van der Waals surface area (Å²) in [4.78, 5) is 36.7. The first kappa shape index (κ1) is 18.4. The van der Waals surface area contributed by atoms with Gasteiger partial charge >= 0.3 is 11.6 Å². The summed E-state index contributed by atoms with van der Waals surface area (Å²) in [7, 11) is 0. The highest BCUT2D eigenvalue weighted by molar-refractivity contribution is 6.10. The van der Waals surface area contributed by atoms with Gasteiger partial charge in [0.25, 0.3) is 5.91 Å². The van der Waals surface area contributed by atoms with E-state index in [1.807, 2.05) is 30.3 Å². The number of carbonyl (C=O) groups excluding carboxylic acids is 2. The number of nitrogens with one attached hydrogen (secondary N) is 1. The molecular weight excluding hydrogens is 370 g/mol. The van der Waals surface area contributed by atoms with E-state index < -0.39 is 17.5 Å². The molecule has 4 aromatic rings. The number of benzene rings is 3. The summed E-state index contributed by atoms with van der Waals surface area (Å²) in [5.74, 6) is -1.02. The Labute approximate surface area is 165 Å². The van der Waals surface area contributed by atoms with Crippen molar-refractivity contribution in [3.8, 4) is 0 Å². The van der Waals surface area contributed by atoms with E-state index in [-0.39, 0.29) is 12.2 Å². The highest BCUT2D eigenvalue weighted by Crippen LogP contribution is 2.25. The van der Waals surface area contributed by atoms with Crippen LogP contribution in [0.3, 0.4) is 0 Å². The summed E-state index contributed by atoms with van der Waals surface area (Å²) in [5, 5.41) is 5.22. The van der Waals surface area contributed by atoms with Crippen molar-refractivity contribution in [1.82, 2.24) is 0 Å². The lowest BCUT2D eigenvalue weighted by atomic mass is 10.0. The van der Waals surface area contributed by atoms with Gasteiger partial charge in [0.1, 0.15) is 11.1 Å². The summed E-state index contributed by atoms with van der Waals surface area (Å²) in [6.07, 6.45) is 0. The van der Waals surface area contributed by atoms with Crippen molar-refractivity contribution in [1.29, 1.82) is 0 Å². The molecule has 1 amide bonds. The van der Waals surface area contributed by atoms with E-state index in [4.69, 9.17) is 9.15 Å². The molecule has 144 valence electrons. The van der Waals surface area contributed by atoms with Crippen molar-refractivity contribution in [2.75, 3.05) is 11.9 Å². The van der Waals surface area contributed by atoms with Crippen molar-refractivity contribution >= 4 is 39.3 Å². The van der Waals surface area contributed by atoms with Crippen LogP contribution in [0.1, 0.15) is 27.6 Å².